The van der Waals surface area contributed by atoms with E-state index in [-0.39, 0.29) is 30.5 Å². The number of nitrogens with one attached hydrogen (secondary N) is 1. The molecule has 1 aromatic heterocycles. The molecular formula is C25H27FN4O3. The maximum Gasteiger partial charge on any atom is 0.260 e. The summed E-state index contributed by atoms with van der Waals surface area (Å²) < 4.78 is 21.6. The van der Waals surface area contributed by atoms with E-state index in [0.29, 0.717) is 22.7 Å². The minimum atomic E-state index is -0.475. The molecule has 7 nitrogen and oxygen atoms in total. The van der Waals surface area contributed by atoms with Gasteiger partial charge in [0, 0.05) is 35.7 Å². The maximum absolute atomic E-state index is 14.4. The summed E-state index contributed by atoms with van der Waals surface area (Å²) in [6.07, 6.45) is 7.86. The van der Waals surface area contributed by atoms with E-state index >= 15 is 0 Å². The Morgan fingerprint density at radius 3 is 2.48 bits per heavy atom. The van der Waals surface area contributed by atoms with Crippen molar-refractivity contribution in [2.24, 2.45) is 0 Å². The Bertz CT molecular complexity index is 1110. The SMILES string of the molecule is CC1CCCC(C)N1C(=O)COc1ccc(C(=O)Nc2ccc(-n3ccnc3)c(F)c2)cc1. The fraction of sp³-hybridized carbons (Fsp3) is 0.320. The molecule has 1 N–H and O–H groups in total. The van der Waals surface area contributed by atoms with Crippen LogP contribution in [0.2, 0.25) is 0 Å². The van der Waals surface area contributed by atoms with Gasteiger partial charge in [-0.15, -0.1) is 0 Å². The molecular weight excluding hydrogens is 423 g/mol. The zero-order valence-electron chi connectivity index (χ0n) is 18.7. The molecule has 0 saturated carbocycles. The number of ether oxygens (including phenoxy) is 1. The predicted molar refractivity (Wildman–Crippen MR) is 123 cm³/mol. The lowest BCUT2D eigenvalue weighted by atomic mass is 9.97. The van der Waals surface area contributed by atoms with Crippen LogP contribution in [0.3, 0.4) is 0 Å². The number of nitrogens with zero attached hydrogens (tertiary/aromatic N) is 3. The van der Waals surface area contributed by atoms with Crippen LogP contribution < -0.4 is 10.1 Å². The molecule has 1 fully saturated rings. The highest BCUT2D eigenvalue weighted by Crippen LogP contribution is 2.23. The van der Waals surface area contributed by atoms with Crippen molar-refractivity contribution in [1.82, 2.24) is 14.5 Å². The van der Waals surface area contributed by atoms with E-state index in [1.54, 1.807) is 53.4 Å². The molecule has 0 bridgehead atoms. The second-order valence-electron chi connectivity index (χ2n) is 8.33. The number of hydrogen-bond acceptors (Lipinski definition) is 4. The predicted octanol–water partition coefficient (Wildman–Crippen LogP) is 4.43. The van der Waals surface area contributed by atoms with Crippen LogP contribution in [0, 0.1) is 5.82 Å². The summed E-state index contributed by atoms with van der Waals surface area (Å²) in [5.41, 5.74) is 1.08. The molecule has 1 aliphatic rings. The van der Waals surface area contributed by atoms with Crippen LogP contribution in [0.5, 0.6) is 5.75 Å². The smallest absolute Gasteiger partial charge is 0.260 e. The Balaban J connectivity index is 1.34. The fourth-order valence-electron chi connectivity index (χ4n) is 4.23. The van der Waals surface area contributed by atoms with Crippen LogP contribution in [-0.2, 0) is 4.79 Å². The van der Waals surface area contributed by atoms with E-state index in [2.05, 4.69) is 24.1 Å². The standard InChI is InChI=1S/C25H27FN4O3/c1-17-4-3-5-18(2)30(17)24(31)15-33-21-9-6-19(7-10-21)25(32)28-20-8-11-23(22(26)14-20)29-13-12-27-16-29/h6-14,16-18H,3-5,15H2,1-2H3,(H,28,32). The lowest BCUT2D eigenvalue weighted by molar-refractivity contribution is -0.139. The molecule has 1 aliphatic heterocycles. The second-order valence-corrected chi connectivity index (χ2v) is 8.33. The Morgan fingerprint density at radius 2 is 1.85 bits per heavy atom. The first-order valence-corrected chi connectivity index (χ1v) is 11.1. The number of carbonyl (C=O) groups is 2. The Morgan fingerprint density at radius 1 is 1.12 bits per heavy atom. The van der Waals surface area contributed by atoms with Crippen LogP contribution >= 0.6 is 0 Å². The number of likely N-dealkylation sites (tertiary alicyclic amines) is 1. The molecule has 172 valence electrons. The van der Waals surface area contributed by atoms with Gasteiger partial charge in [-0.25, -0.2) is 9.37 Å². The molecule has 0 spiro atoms. The van der Waals surface area contributed by atoms with E-state index in [1.165, 1.54) is 12.4 Å². The van der Waals surface area contributed by atoms with Gasteiger partial charge in [-0.1, -0.05) is 0 Å². The number of carbonyl (C=O) groups excluding carboxylic acids is 2. The molecule has 0 radical (unpaired) electrons. The van der Waals surface area contributed by atoms with E-state index in [1.807, 2.05) is 4.90 Å². The van der Waals surface area contributed by atoms with Crippen molar-refractivity contribution in [2.75, 3.05) is 11.9 Å². The normalized spacial score (nSPS) is 18.1. The van der Waals surface area contributed by atoms with Gasteiger partial charge in [-0.2, -0.15) is 0 Å². The van der Waals surface area contributed by atoms with Gasteiger partial charge in [0.05, 0.1) is 12.0 Å². The third-order valence-corrected chi connectivity index (χ3v) is 5.95. The van der Waals surface area contributed by atoms with Gasteiger partial charge in [0.25, 0.3) is 11.8 Å². The number of imidazole rings is 1. The van der Waals surface area contributed by atoms with Crippen LogP contribution in [0.1, 0.15) is 43.5 Å². The number of piperidine rings is 1. The summed E-state index contributed by atoms with van der Waals surface area (Å²) >= 11 is 0. The molecule has 33 heavy (non-hydrogen) atoms. The third kappa shape index (κ3) is 5.22. The van der Waals surface area contributed by atoms with Gasteiger partial charge in [0.15, 0.2) is 6.61 Å². The molecule has 2 unspecified atom stereocenters. The van der Waals surface area contributed by atoms with Gasteiger partial charge in [-0.05, 0) is 75.6 Å². The zero-order chi connectivity index (χ0) is 23.4. The largest absolute Gasteiger partial charge is 0.484 e. The highest BCUT2D eigenvalue weighted by Gasteiger charge is 2.29. The summed E-state index contributed by atoms with van der Waals surface area (Å²) in [4.78, 5) is 31.0. The van der Waals surface area contributed by atoms with Gasteiger partial charge in [0.1, 0.15) is 11.6 Å². The van der Waals surface area contributed by atoms with Crippen LogP contribution in [-0.4, -0.2) is 45.0 Å². The molecule has 8 heteroatoms. The summed E-state index contributed by atoms with van der Waals surface area (Å²) in [7, 11) is 0. The van der Waals surface area contributed by atoms with Crippen molar-refractivity contribution in [1.29, 1.82) is 0 Å². The number of hydrogen-bond donors (Lipinski definition) is 1. The third-order valence-electron chi connectivity index (χ3n) is 5.95. The molecule has 1 saturated heterocycles. The number of amides is 2. The van der Waals surface area contributed by atoms with Crippen molar-refractivity contribution < 1.29 is 18.7 Å². The van der Waals surface area contributed by atoms with Crippen molar-refractivity contribution in [3.8, 4) is 11.4 Å². The lowest BCUT2D eigenvalue weighted by Crippen LogP contribution is -2.49. The molecule has 4 rings (SSSR count). The summed E-state index contributed by atoms with van der Waals surface area (Å²) in [5.74, 6) is -0.370. The van der Waals surface area contributed by atoms with E-state index in [4.69, 9.17) is 4.74 Å². The highest BCUT2D eigenvalue weighted by molar-refractivity contribution is 6.04. The van der Waals surface area contributed by atoms with Crippen molar-refractivity contribution in [3.63, 3.8) is 0 Å². The Kier molecular flexibility index (Phi) is 6.72. The molecule has 2 aromatic carbocycles. The zero-order valence-corrected chi connectivity index (χ0v) is 18.7. The van der Waals surface area contributed by atoms with Crippen molar-refractivity contribution >= 4 is 17.5 Å². The van der Waals surface area contributed by atoms with Crippen molar-refractivity contribution in [2.45, 2.75) is 45.2 Å². The molecule has 2 atom stereocenters. The maximum atomic E-state index is 14.4. The van der Waals surface area contributed by atoms with Gasteiger partial charge in [0.2, 0.25) is 0 Å². The Labute approximate surface area is 192 Å². The first kappa shape index (κ1) is 22.5. The Hall–Kier alpha value is -3.68. The number of benzene rings is 2. The van der Waals surface area contributed by atoms with Crippen molar-refractivity contribution in [3.05, 3.63) is 72.6 Å². The molecule has 2 amide bonds. The van der Waals surface area contributed by atoms with Crippen LogP contribution in [0.4, 0.5) is 10.1 Å². The highest BCUT2D eigenvalue weighted by atomic mass is 19.1. The van der Waals surface area contributed by atoms with Crippen LogP contribution in [0.25, 0.3) is 5.69 Å². The first-order valence-electron chi connectivity index (χ1n) is 11.1. The number of anilines is 1. The second kappa shape index (κ2) is 9.85. The van der Waals surface area contributed by atoms with E-state index < -0.39 is 5.82 Å². The fourth-order valence-corrected chi connectivity index (χ4v) is 4.23. The minimum Gasteiger partial charge on any atom is -0.484 e. The van der Waals surface area contributed by atoms with Crippen LogP contribution in [0.15, 0.2) is 61.2 Å². The van der Waals surface area contributed by atoms with E-state index in [0.717, 1.165) is 19.3 Å². The van der Waals surface area contributed by atoms with Gasteiger partial charge < -0.3 is 19.5 Å². The first-order chi connectivity index (χ1) is 15.9. The monoisotopic (exact) mass is 450 g/mol. The quantitative estimate of drug-likeness (QED) is 0.603. The summed E-state index contributed by atoms with van der Waals surface area (Å²) in [6, 6.07) is 11.4. The number of aromatic nitrogens is 2. The molecule has 2 heterocycles. The number of halogens is 1. The number of rotatable bonds is 6. The topological polar surface area (TPSA) is 76.5 Å². The summed E-state index contributed by atoms with van der Waals surface area (Å²) in [5, 5.41) is 2.69. The average molecular weight is 451 g/mol. The lowest BCUT2D eigenvalue weighted by Gasteiger charge is -2.38. The molecule has 0 aliphatic carbocycles. The van der Waals surface area contributed by atoms with E-state index in [9.17, 15) is 14.0 Å². The van der Waals surface area contributed by atoms with Gasteiger partial charge in [-0.3, -0.25) is 9.59 Å². The summed E-state index contributed by atoms with van der Waals surface area (Å²) in [6.45, 7) is 4.10. The average Bonchev–Trinajstić information content (AvgIpc) is 3.32. The minimum absolute atomic E-state index is 0.0299. The molecule has 3 aromatic rings. The van der Waals surface area contributed by atoms with Gasteiger partial charge >= 0.3 is 0 Å².